The number of hydrogen-bond acceptors (Lipinski definition) is 2. The molecule has 2 atom stereocenters. The lowest BCUT2D eigenvalue weighted by atomic mass is 9.84. The zero-order valence-corrected chi connectivity index (χ0v) is 20.9. The van der Waals surface area contributed by atoms with Gasteiger partial charge in [-0.1, -0.05) is 57.0 Å². The average molecular weight is 450 g/mol. The van der Waals surface area contributed by atoms with Crippen molar-refractivity contribution in [3.8, 4) is 0 Å². The monoisotopic (exact) mass is 449 g/mol. The number of nitrogens with zero attached hydrogens (tertiary/aromatic N) is 2. The maximum Gasteiger partial charge on any atom is 0.173 e. The van der Waals surface area contributed by atoms with Crippen LogP contribution in [0.25, 0.3) is 0 Å². The van der Waals surface area contributed by atoms with Gasteiger partial charge >= 0.3 is 0 Å². The van der Waals surface area contributed by atoms with Crippen LogP contribution in [-0.4, -0.2) is 29.1 Å². The molecule has 0 aromatic heterocycles. The summed E-state index contributed by atoms with van der Waals surface area (Å²) in [5.74, 6) is 0.665. The van der Waals surface area contributed by atoms with Crippen LogP contribution in [0.1, 0.15) is 69.1 Å². The second kappa shape index (κ2) is 10.7. The Bertz CT molecular complexity index is 925. The molecule has 1 N–H and O–H groups in total. The summed E-state index contributed by atoms with van der Waals surface area (Å²) >= 11 is 6.03. The highest BCUT2D eigenvalue weighted by Crippen LogP contribution is 2.32. The van der Waals surface area contributed by atoms with E-state index in [0.29, 0.717) is 12.0 Å². The molecule has 0 spiro atoms. The fourth-order valence-corrected chi connectivity index (χ4v) is 5.84. The number of thiocarbonyl (C=S) groups is 1. The first-order chi connectivity index (χ1) is 15.6. The molecule has 1 saturated carbocycles. The van der Waals surface area contributed by atoms with E-state index in [0.717, 1.165) is 23.9 Å². The van der Waals surface area contributed by atoms with Gasteiger partial charge in [0.15, 0.2) is 5.11 Å². The van der Waals surface area contributed by atoms with Crippen LogP contribution in [0, 0.1) is 12.8 Å². The maximum absolute atomic E-state index is 6.03. The Kier molecular flexibility index (Phi) is 7.72. The molecule has 4 heteroatoms. The van der Waals surface area contributed by atoms with Crippen molar-refractivity contribution < 1.29 is 0 Å². The van der Waals surface area contributed by atoms with Crippen molar-refractivity contribution in [1.82, 2.24) is 4.90 Å². The van der Waals surface area contributed by atoms with Gasteiger partial charge in [0.2, 0.25) is 0 Å². The van der Waals surface area contributed by atoms with Crippen molar-refractivity contribution in [3.63, 3.8) is 0 Å². The average Bonchev–Trinajstić information content (AvgIpc) is 2.80. The summed E-state index contributed by atoms with van der Waals surface area (Å²) in [5, 5.41) is 4.45. The van der Waals surface area contributed by atoms with Crippen LogP contribution in [-0.2, 0) is 13.0 Å². The third-order valence-corrected chi connectivity index (χ3v) is 7.66. The van der Waals surface area contributed by atoms with Gasteiger partial charge in [0, 0.05) is 37.1 Å². The van der Waals surface area contributed by atoms with Gasteiger partial charge in [-0.15, -0.1) is 0 Å². The highest BCUT2D eigenvalue weighted by atomic mass is 32.1. The van der Waals surface area contributed by atoms with Crippen LogP contribution in [0.4, 0.5) is 11.4 Å². The van der Waals surface area contributed by atoms with Gasteiger partial charge in [0.05, 0.1) is 0 Å². The van der Waals surface area contributed by atoms with Crippen molar-refractivity contribution in [2.24, 2.45) is 5.92 Å². The molecule has 1 aliphatic heterocycles. The third-order valence-electron chi connectivity index (χ3n) is 7.32. The first-order valence-corrected chi connectivity index (χ1v) is 13.0. The van der Waals surface area contributed by atoms with E-state index in [1.807, 2.05) is 0 Å². The first-order valence-electron chi connectivity index (χ1n) is 12.6. The van der Waals surface area contributed by atoms with Crippen LogP contribution in [0.3, 0.4) is 0 Å². The Morgan fingerprint density at radius 3 is 2.72 bits per heavy atom. The summed E-state index contributed by atoms with van der Waals surface area (Å²) in [6.07, 6.45) is 8.82. The van der Waals surface area contributed by atoms with Gasteiger partial charge in [-0.05, 0) is 86.0 Å². The van der Waals surface area contributed by atoms with Crippen LogP contribution in [0.5, 0.6) is 0 Å². The lowest BCUT2D eigenvalue weighted by molar-refractivity contribution is 0.177. The second-order valence-electron chi connectivity index (χ2n) is 9.76. The van der Waals surface area contributed by atoms with Crippen LogP contribution < -0.4 is 10.2 Å². The minimum Gasteiger partial charge on any atom is -0.371 e. The lowest BCUT2D eigenvalue weighted by Gasteiger charge is -2.40. The molecule has 1 heterocycles. The van der Waals surface area contributed by atoms with Gasteiger partial charge in [-0.2, -0.15) is 0 Å². The van der Waals surface area contributed by atoms with Gasteiger partial charge in [0.1, 0.15) is 0 Å². The molecule has 0 amide bonds. The molecule has 1 fully saturated rings. The topological polar surface area (TPSA) is 18.5 Å². The van der Waals surface area contributed by atoms with Crippen LogP contribution >= 0.6 is 12.2 Å². The Labute approximate surface area is 200 Å². The molecule has 2 aromatic rings. The van der Waals surface area contributed by atoms with Crippen LogP contribution in [0.15, 0.2) is 42.5 Å². The third kappa shape index (κ3) is 5.28. The van der Waals surface area contributed by atoms with Crippen LogP contribution in [0.2, 0.25) is 0 Å². The van der Waals surface area contributed by atoms with Crippen molar-refractivity contribution in [3.05, 3.63) is 59.2 Å². The quantitative estimate of drug-likeness (QED) is 0.481. The summed E-state index contributed by atoms with van der Waals surface area (Å²) in [7, 11) is 0. The number of nitrogens with one attached hydrogen (secondary N) is 1. The number of benzene rings is 2. The summed E-state index contributed by atoms with van der Waals surface area (Å²) < 4.78 is 0. The predicted octanol–water partition coefficient (Wildman–Crippen LogP) is 6.94. The minimum absolute atomic E-state index is 0.500. The second-order valence-corrected chi connectivity index (χ2v) is 10.1. The summed E-state index contributed by atoms with van der Waals surface area (Å²) in [6.45, 7) is 10.0. The fourth-order valence-electron chi connectivity index (χ4n) is 5.53. The molecular formula is C28H39N3S. The molecular weight excluding hydrogens is 410 g/mol. The zero-order chi connectivity index (χ0) is 22.5. The number of rotatable bonds is 6. The van der Waals surface area contributed by atoms with Crippen molar-refractivity contribution in [2.45, 2.75) is 78.3 Å². The number of aryl methyl sites for hydroxylation is 2. The van der Waals surface area contributed by atoms with Gasteiger partial charge in [-0.3, -0.25) is 0 Å². The highest BCUT2D eigenvalue weighted by Gasteiger charge is 2.29. The smallest absolute Gasteiger partial charge is 0.173 e. The lowest BCUT2D eigenvalue weighted by Crippen LogP contribution is -2.46. The van der Waals surface area contributed by atoms with E-state index in [4.69, 9.17) is 12.2 Å². The van der Waals surface area contributed by atoms with Gasteiger partial charge in [0.25, 0.3) is 0 Å². The normalized spacial score (nSPS) is 20.5. The Morgan fingerprint density at radius 2 is 1.94 bits per heavy atom. The molecule has 0 bridgehead atoms. The molecule has 2 aromatic carbocycles. The maximum atomic E-state index is 6.03. The van der Waals surface area contributed by atoms with E-state index in [2.05, 4.69) is 78.4 Å². The molecule has 32 heavy (non-hydrogen) atoms. The Balaban J connectivity index is 1.58. The molecule has 1 aliphatic carbocycles. The molecule has 0 saturated heterocycles. The molecule has 0 radical (unpaired) electrons. The Morgan fingerprint density at radius 1 is 1.12 bits per heavy atom. The van der Waals surface area contributed by atoms with Crippen molar-refractivity contribution in [1.29, 1.82) is 0 Å². The Hall–Kier alpha value is -2.07. The fraction of sp³-hybridized carbons (Fsp3) is 0.536. The molecule has 2 aliphatic rings. The van der Waals surface area contributed by atoms with E-state index in [1.165, 1.54) is 73.9 Å². The molecule has 172 valence electrons. The van der Waals surface area contributed by atoms with Crippen molar-refractivity contribution >= 4 is 28.7 Å². The number of para-hydroxylation sites is 1. The van der Waals surface area contributed by atoms with E-state index < -0.39 is 0 Å². The van der Waals surface area contributed by atoms with E-state index in [9.17, 15) is 0 Å². The molecule has 3 nitrogen and oxygen atoms in total. The van der Waals surface area contributed by atoms with Gasteiger partial charge < -0.3 is 15.1 Å². The largest absolute Gasteiger partial charge is 0.371 e. The highest BCUT2D eigenvalue weighted by molar-refractivity contribution is 7.80. The number of hydrogen-bond donors (Lipinski definition) is 1. The number of anilines is 2. The SMILES string of the molecule is CCCN1CCCc2cc(CN(C(=S)Nc3ccccc3C)[C@H]3CCCC[C@H]3C)ccc21. The minimum atomic E-state index is 0.500. The summed E-state index contributed by atoms with van der Waals surface area (Å²) in [5.41, 5.74) is 6.69. The van der Waals surface area contributed by atoms with E-state index in [1.54, 1.807) is 0 Å². The summed E-state index contributed by atoms with van der Waals surface area (Å²) in [4.78, 5) is 5.05. The number of fused-ring (bicyclic) bond motifs is 1. The van der Waals surface area contributed by atoms with Crippen molar-refractivity contribution in [2.75, 3.05) is 23.3 Å². The van der Waals surface area contributed by atoms with Gasteiger partial charge in [-0.25, -0.2) is 0 Å². The van der Waals surface area contributed by atoms with E-state index in [-0.39, 0.29) is 0 Å². The standard InChI is InChI=1S/C28H39N3S/c1-4-17-30-18-9-12-24-19-23(15-16-27(24)30)20-31(26-14-8-6-11-22(26)3)28(32)29-25-13-7-5-10-21(25)2/h5,7,10,13,15-16,19,22,26H,4,6,8-9,11-12,14,17-18,20H2,1-3H3,(H,29,32)/t22-,26+/m1/s1. The molecule has 4 rings (SSSR count). The molecule has 0 unspecified atom stereocenters. The zero-order valence-electron chi connectivity index (χ0n) is 20.1. The first kappa shape index (κ1) is 23.1. The summed E-state index contributed by atoms with van der Waals surface area (Å²) in [6, 6.07) is 16.1. The predicted molar refractivity (Wildman–Crippen MR) is 142 cm³/mol. The van der Waals surface area contributed by atoms with E-state index >= 15 is 0 Å².